The summed E-state index contributed by atoms with van der Waals surface area (Å²) in [6.07, 6.45) is 6.69. The third kappa shape index (κ3) is 3.10. The van der Waals surface area contributed by atoms with Crippen LogP contribution in [0.5, 0.6) is 0 Å². The minimum absolute atomic E-state index is 0.344. The zero-order chi connectivity index (χ0) is 8.10. The molecular formula is C9H16BrF. The third-order valence-corrected chi connectivity index (χ3v) is 3.18. The molecule has 0 aromatic rings. The predicted molar refractivity (Wildman–Crippen MR) is 49.9 cm³/mol. The van der Waals surface area contributed by atoms with Gasteiger partial charge in [0.1, 0.15) is 6.17 Å². The van der Waals surface area contributed by atoms with Gasteiger partial charge < -0.3 is 0 Å². The van der Waals surface area contributed by atoms with Gasteiger partial charge in [-0.2, -0.15) is 0 Å². The van der Waals surface area contributed by atoms with E-state index in [1.165, 1.54) is 25.7 Å². The van der Waals surface area contributed by atoms with Crippen LogP contribution in [-0.4, -0.2) is 11.5 Å². The summed E-state index contributed by atoms with van der Waals surface area (Å²) >= 11 is 3.20. The molecule has 2 heteroatoms. The maximum absolute atomic E-state index is 13.2. The molecule has 0 heterocycles. The molecule has 0 aromatic carbocycles. The highest BCUT2D eigenvalue weighted by Crippen LogP contribution is 2.27. The summed E-state index contributed by atoms with van der Waals surface area (Å²) in [4.78, 5) is 0. The number of rotatable bonds is 2. The highest BCUT2D eigenvalue weighted by Gasteiger charge is 2.20. The predicted octanol–water partition coefficient (Wildman–Crippen LogP) is 3.69. The van der Waals surface area contributed by atoms with Gasteiger partial charge in [0.15, 0.2) is 0 Å². The summed E-state index contributed by atoms with van der Waals surface area (Å²) in [5.74, 6) is 0.344. The second-order valence-corrected chi connectivity index (χ2v) is 4.07. The lowest BCUT2D eigenvalue weighted by atomic mass is 9.96. The lowest BCUT2D eigenvalue weighted by molar-refractivity contribution is 0.234. The van der Waals surface area contributed by atoms with Crippen LogP contribution in [0, 0.1) is 5.92 Å². The van der Waals surface area contributed by atoms with Crippen molar-refractivity contribution < 1.29 is 4.39 Å². The Morgan fingerprint density at radius 3 is 2.18 bits per heavy atom. The van der Waals surface area contributed by atoms with Crippen molar-refractivity contribution in [1.29, 1.82) is 0 Å². The lowest BCUT2D eigenvalue weighted by Gasteiger charge is -2.16. The molecule has 1 aliphatic carbocycles. The van der Waals surface area contributed by atoms with Crippen LogP contribution in [0.1, 0.15) is 38.5 Å². The molecule has 0 amide bonds. The summed E-state index contributed by atoms with van der Waals surface area (Å²) in [6, 6.07) is 0. The Morgan fingerprint density at radius 2 is 1.73 bits per heavy atom. The van der Waals surface area contributed by atoms with Crippen molar-refractivity contribution >= 4 is 15.9 Å². The summed E-state index contributed by atoms with van der Waals surface area (Å²) in [5, 5.41) is 0.525. The number of halogens is 2. The normalized spacial score (nSPS) is 24.5. The van der Waals surface area contributed by atoms with Crippen LogP contribution in [0.2, 0.25) is 0 Å². The fourth-order valence-electron chi connectivity index (χ4n) is 1.80. The van der Waals surface area contributed by atoms with Crippen molar-refractivity contribution in [3.8, 4) is 0 Å². The average molecular weight is 223 g/mol. The smallest absolute Gasteiger partial charge is 0.113 e. The Hall–Kier alpha value is 0.410. The van der Waals surface area contributed by atoms with Crippen molar-refractivity contribution in [2.24, 2.45) is 5.92 Å². The summed E-state index contributed by atoms with van der Waals surface area (Å²) in [7, 11) is 0. The van der Waals surface area contributed by atoms with Gasteiger partial charge in [-0.05, 0) is 18.8 Å². The number of hydrogen-bond acceptors (Lipinski definition) is 0. The third-order valence-electron chi connectivity index (χ3n) is 2.56. The molecule has 0 N–H and O–H groups in total. The van der Waals surface area contributed by atoms with Crippen molar-refractivity contribution in [3.05, 3.63) is 0 Å². The van der Waals surface area contributed by atoms with E-state index in [9.17, 15) is 4.39 Å². The molecule has 0 radical (unpaired) electrons. The van der Waals surface area contributed by atoms with Crippen LogP contribution in [0.4, 0.5) is 4.39 Å². The molecule has 1 rings (SSSR count). The first-order chi connectivity index (χ1) is 5.34. The zero-order valence-corrected chi connectivity index (χ0v) is 8.45. The van der Waals surface area contributed by atoms with Gasteiger partial charge >= 0.3 is 0 Å². The van der Waals surface area contributed by atoms with Crippen LogP contribution in [0.3, 0.4) is 0 Å². The van der Waals surface area contributed by atoms with Crippen molar-refractivity contribution in [3.63, 3.8) is 0 Å². The molecule has 0 nitrogen and oxygen atoms in total. The first-order valence-corrected chi connectivity index (χ1v) is 5.67. The molecule has 66 valence electrons. The quantitative estimate of drug-likeness (QED) is 0.494. The molecule has 1 fully saturated rings. The van der Waals surface area contributed by atoms with E-state index in [0.717, 1.165) is 12.8 Å². The SMILES string of the molecule is FC(CBr)C1CCCCCC1. The first kappa shape index (κ1) is 9.50. The van der Waals surface area contributed by atoms with Crippen LogP contribution in [-0.2, 0) is 0 Å². The Kier molecular flexibility index (Phi) is 4.43. The maximum Gasteiger partial charge on any atom is 0.113 e. The van der Waals surface area contributed by atoms with Crippen molar-refractivity contribution in [2.45, 2.75) is 44.7 Å². The molecule has 1 unspecified atom stereocenters. The van der Waals surface area contributed by atoms with E-state index < -0.39 is 6.17 Å². The fourth-order valence-corrected chi connectivity index (χ4v) is 2.33. The standard InChI is InChI=1S/C9H16BrF/c10-7-9(11)8-5-3-1-2-4-6-8/h8-9H,1-7H2. The summed E-state index contributed by atoms with van der Waals surface area (Å²) < 4.78 is 13.2. The van der Waals surface area contributed by atoms with Gasteiger partial charge in [0.25, 0.3) is 0 Å². The second-order valence-electron chi connectivity index (χ2n) is 3.42. The average Bonchev–Trinajstić information content (AvgIpc) is 2.30. The lowest BCUT2D eigenvalue weighted by Crippen LogP contribution is -2.16. The van der Waals surface area contributed by atoms with E-state index in [4.69, 9.17) is 0 Å². The molecule has 11 heavy (non-hydrogen) atoms. The van der Waals surface area contributed by atoms with Gasteiger partial charge in [-0.25, -0.2) is 4.39 Å². The maximum atomic E-state index is 13.2. The number of alkyl halides is 2. The summed E-state index contributed by atoms with van der Waals surface area (Å²) in [5.41, 5.74) is 0. The van der Waals surface area contributed by atoms with E-state index in [2.05, 4.69) is 15.9 Å². The Bertz CT molecular complexity index is 97.7. The second kappa shape index (κ2) is 5.13. The van der Waals surface area contributed by atoms with Gasteiger partial charge in [-0.3, -0.25) is 0 Å². The fraction of sp³-hybridized carbons (Fsp3) is 1.00. The monoisotopic (exact) mass is 222 g/mol. The van der Waals surface area contributed by atoms with Crippen LogP contribution < -0.4 is 0 Å². The van der Waals surface area contributed by atoms with Gasteiger partial charge in [0.2, 0.25) is 0 Å². The highest BCUT2D eigenvalue weighted by molar-refractivity contribution is 9.09. The van der Waals surface area contributed by atoms with E-state index in [0.29, 0.717) is 11.2 Å². The Labute approximate surface area is 76.7 Å². The molecule has 1 atom stereocenters. The molecule has 0 bridgehead atoms. The minimum atomic E-state index is -0.604. The first-order valence-electron chi connectivity index (χ1n) is 4.54. The largest absolute Gasteiger partial charge is 0.246 e. The molecule has 0 aliphatic heterocycles. The Morgan fingerprint density at radius 1 is 1.18 bits per heavy atom. The molecule has 0 aromatic heterocycles. The van der Waals surface area contributed by atoms with E-state index in [-0.39, 0.29) is 0 Å². The molecule has 1 aliphatic rings. The van der Waals surface area contributed by atoms with Gasteiger partial charge in [0.05, 0.1) is 0 Å². The van der Waals surface area contributed by atoms with Crippen LogP contribution in [0.25, 0.3) is 0 Å². The van der Waals surface area contributed by atoms with Gasteiger partial charge in [-0.1, -0.05) is 41.6 Å². The van der Waals surface area contributed by atoms with Gasteiger partial charge in [0, 0.05) is 5.33 Å². The summed E-state index contributed by atoms with van der Waals surface area (Å²) in [6.45, 7) is 0. The number of hydrogen-bond donors (Lipinski definition) is 0. The zero-order valence-electron chi connectivity index (χ0n) is 6.86. The Balaban J connectivity index is 2.30. The molecule has 0 saturated heterocycles. The van der Waals surface area contributed by atoms with Gasteiger partial charge in [-0.15, -0.1) is 0 Å². The minimum Gasteiger partial charge on any atom is -0.246 e. The van der Waals surface area contributed by atoms with Crippen molar-refractivity contribution in [1.82, 2.24) is 0 Å². The molecule has 0 spiro atoms. The van der Waals surface area contributed by atoms with E-state index in [1.54, 1.807) is 0 Å². The van der Waals surface area contributed by atoms with Crippen LogP contribution in [0.15, 0.2) is 0 Å². The van der Waals surface area contributed by atoms with Crippen LogP contribution >= 0.6 is 15.9 Å². The van der Waals surface area contributed by atoms with E-state index >= 15 is 0 Å². The van der Waals surface area contributed by atoms with Crippen molar-refractivity contribution in [2.75, 3.05) is 5.33 Å². The topological polar surface area (TPSA) is 0 Å². The molecule has 1 saturated carbocycles. The van der Waals surface area contributed by atoms with E-state index in [1.807, 2.05) is 0 Å². The molecular weight excluding hydrogens is 207 g/mol. The highest BCUT2D eigenvalue weighted by atomic mass is 79.9.